The van der Waals surface area contributed by atoms with Crippen molar-refractivity contribution in [1.29, 1.82) is 0 Å². The third-order valence-electron chi connectivity index (χ3n) is 2.04. The van der Waals surface area contributed by atoms with E-state index in [0.717, 1.165) is 6.54 Å². The Kier molecular flexibility index (Phi) is 2.71. The van der Waals surface area contributed by atoms with E-state index in [1.165, 1.54) is 0 Å². The van der Waals surface area contributed by atoms with Crippen LogP contribution < -0.4 is 5.32 Å². The summed E-state index contributed by atoms with van der Waals surface area (Å²) in [5.74, 6) is 0.672. The zero-order chi connectivity index (χ0) is 11.8. The molecule has 0 spiro atoms. The van der Waals surface area contributed by atoms with Crippen LogP contribution in [-0.4, -0.2) is 26.5 Å². The molecule has 0 atom stereocenters. The first-order valence-electron chi connectivity index (χ1n) is 5.06. The lowest BCUT2D eigenvalue weighted by Gasteiger charge is -2.19. The number of H-pyrrole nitrogens is 1. The summed E-state index contributed by atoms with van der Waals surface area (Å²) in [5.41, 5.74) is 1.53. The Morgan fingerprint density at radius 1 is 1.38 bits per heavy atom. The molecule has 0 aliphatic heterocycles. The van der Waals surface area contributed by atoms with Crippen molar-refractivity contribution < 1.29 is 0 Å². The molecule has 0 bridgehead atoms. The molecule has 0 aliphatic rings. The third-order valence-corrected chi connectivity index (χ3v) is 2.21. The van der Waals surface area contributed by atoms with E-state index >= 15 is 0 Å². The molecule has 2 aromatic heterocycles. The molecule has 0 aliphatic carbocycles. The molecule has 2 heterocycles. The molecule has 6 heteroatoms. The summed E-state index contributed by atoms with van der Waals surface area (Å²) in [5, 5.41) is 3.45. The Hall–Kier alpha value is -1.36. The van der Waals surface area contributed by atoms with Crippen molar-refractivity contribution in [1.82, 2.24) is 19.9 Å². The molecule has 86 valence electrons. The SMILES string of the molecule is CC(C)(C)CNc1nc(Cl)nc2[nH]cnc12. The first kappa shape index (κ1) is 11.1. The Balaban J connectivity index is 2.32. The quantitative estimate of drug-likeness (QED) is 0.790. The van der Waals surface area contributed by atoms with Gasteiger partial charge in [-0.2, -0.15) is 9.97 Å². The summed E-state index contributed by atoms with van der Waals surface area (Å²) in [7, 11) is 0. The van der Waals surface area contributed by atoms with E-state index in [1.54, 1.807) is 6.33 Å². The molecule has 0 radical (unpaired) electrons. The predicted octanol–water partition coefficient (Wildman–Crippen LogP) is 2.46. The van der Waals surface area contributed by atoms with Crippen LogP contribution in [-0.2, 0) is 0 Å². The number of hydrogen-bond acceptors (Lipinski definition) is 4. The summed E-state index contributed by atoms with van der Waals surface area (Å²) in [6.45, 7) is 7.22. The van der Waals surface area contributed by atoms with E-state index in [0.29, 0.717) is 17.0 Å². The van der Waals surface area contributed by atoms with Crippen molar-refractivity contribution >= 4 is 28.6 Å². The van der Waals surface area contributed by atoms with E-state index < -0.39 is 0 Å². The maximum Gasteiger partial charge on any atom is 0.226 e. The highest BCUT2D eigenvalue weighted by atomic mass is 35.5. The molecule has 2 aromatic rings. The normalized spacial score (nSPS) is 12.0. The average Bonchev–Trinajstić information content (AvgIpc) is 2.60. The maximum absolute atomic E-state index is 5.82. The minimum absolute atomic E-state index is 0.167. The Labute approximate surface area is 98.7 Å². The molecular formula is C10H14ClN5. The highest BCUT2D eigenvalue weighted by Crippen LogP contribution is 2.20. The lowest BCUT2D eigenvalue weighted by atomic mass is 9.97. The molecule has 0 amide bonds. The van der Waals surface area contributed by atoms with Gasteiger partial charge in [-0.15, -0.1) is 0 Å². The van der Waals surface area contributed by atoms with Gasteiger partial charge in [-0.25, -0.2) is 4.98 Å². The second kappa shape index (κ2) is 3.90. The first-order chi connectivity index (χ1) is 7.46. The van der Waals surface area contributed by atoms with Gasteiger partial charge in [0.2, 0.25) is 5.28 Å². The number of hydrogen-bond donors (Lipinski definition) is 2. The number of fused-ring (bicyclic) bond motifs is 1. The fourth-order valence-corrected chi connectivity index (χ4v) is 1.45. The van der Waals surface area contributed by atoms with Crippen molar-refractivity contribution in [3.63, 3.8) is 0 Å². The molecule has 5 nitrogen and oxygen atoms in total. The molecule has 0 aromatic carbocycles. The second-order valence-corrected chi connectivity index (χ2v) is 5.19. The van der Waals surface area contributed by atoms with Crippen LogP contribution in [0.5, 0.6) is 0 Å². The highest BCUT2D eigenvalue weighted by molar-refractivity contribution is 6.28. The standard InChI is InChI=1S/C10H14ClN5/c1-10(2,3)4-12-7-6-8(14-5-13-6)16-9(11)15-7/h5H,4H2,1-3H3,(H2,12,13,14,15,16). The van der Waals surface area contributed by atoms with Crippen LogP contribution in [0.2, 0.25) is 5.28 Å². The molecule has 0 saturated heterocycles. The van der Waals surface area contributed by atoms with Gasteiger partial charge < -0.3 is 10.3 Å². The summed E-state index contributed by atoms with van der Waals surface area (Å²) >= 11 is 5.82. The Morgan fingerprint density at radius 3 is 2.81 bits per heavy atom. The van der Waals surface area contributed by atoms with Crippen molar-refractivity contribution in [2.75, 3.05) is 11.9 Å². The average molecular weight is 240 g/mol. The van der Waals surface area contributed by atoms with Gasteiger partial charge in [0.05, 0.1) is 6.33 Å². The van der Waals surface area contributed by atoms with Crippen LogP contribution in [0.4, 0.5) is 5.82 Å². The van der Waals surface area contributed by atoms with Crippen LogP contribution in [0.1, 0.15) is 20.8 Å². The molecule has 0 unspecified atom stereocenters. The number of aromatic nitrogens is 4. The lowest BCUT2D eigenvalue weighted by Crippen LogP contribution is -2.19. The molecule has 16 heavy (non-hydrogen) atoms. The fourth-order valence-electron chi connectivity index (χ4n) is 1.28. The van der Waals surface area contributed by atoms with Crippen LogP contribution in [0.25, 0.3) is 11.2 Å². The molecule has 2 N–H and O–H groups in total. The van der Waals surface area contributed by atoms with Gasteiger partial charge in [-0.05, 0) is 17.0 Å². The molecule has 2 rings (SSSR count). The van der Waals surface area contributed by atoms with Crippen molar-refractivity contribution in [2.24, 2.45) is 5.41 Å². The summed E-state index contributed by atoms with van der Waals surface area (Å²) in [6, 6.07) is 0. The van der Waals surface area contributed by atoms with Crippen LogP contribution in [0.3, 0.4) is 0 Å². The van der Waals surface area contributed by atoms with Crippen molar-refractivity contribution in [3.05, 3.63) is 11.6 Å². The smallest absolute Gasteiger partial charge is 0.226 e. The van der Waals surface area contributed by atoms with Crippen molar-refractivity contribution in [2.45, 2.75) is 20.8 Å². The predicted molar refractivity (Wildman–Crippen MR) is 64.6 cm³/mol. The fraction of sp³-hybridized carbons (Fsp3) is 0.500. The van der Waals surface area contributed by atoms with E-state index in [1.807, 2.05) is 0 Å². The monoisotopic (exact) mass is 239 g/mol. The zero-order valence-electron chi connectivity index (χ0n) is 9.50. The number of halogens is 1. The van der Waals surface area contributed by atoms with Crippen molar-refractivity contribution in [3.8, 4) is 0 Å². The number of nitrogens with one attached hydrogen (secondary N) is 2. The van der Waals surface area contributed by atoms with E-state index in [9.17, 15) is 0 Å². The molecular weight excluding hydrogens is 226 g/mol. The van der Waals surface area contributed by atoms with Crippen LogP contribution >= 0.6 is 11.6 Å². The zero-order valence-corrected chi connectivity index (χ0v) is 10.3. The van der Waals surface area contributed by atoms with Gasteiger partial charge in [0.15, 0.2) is 11.5 Å². The minimum atomic E-state index is 0.167. The van der Waals surface area contributed by atoms with E-state index in [4.69, 9.17) is 11.6 Å². The largest absolute Gasteiger partial charge is 0.368 e. The Bertz CT molecular complexity index is 499. The number of imidazole rings is 1. The van der Waals surface area contributed by atoms with Gasteiger partial charge in [0, 0.05) is 6.54 Å². The van der Waals surface area contributed by atoms with Gasteiger partial charge in [0.25, 0.3) is 0 Å². The number of aromatic amines is 1. The highest BCUT2D eigenvalue weighted by Gasteiger charge is 2.13. The van der Waals surface area contributed by atoms with Gasteiger partial charge >= 0.3 is 0 Å². The van der Waals surface area contributed by atoms with Gasteiger partial charge in [0.1, 0.15) is 5.52 Å². The van der Waals surface area contributed by atoms with Gasteiger partial charge in [-0.3, -0.25) is 0 Å². The van der Waals surface area contributed by atoms with Gasteiger partial charge in [-0.1, -0.05) is 20.8 Å². The van der Waals surface area contributed by atoms with E-state index in [-0.39, 0.29) is 10.7 Å². The molecule has 0 fully saturated rings. The molecule has 0 saturated carbocycles. The number of rotatable bonds is 2. The minimum Gasteiger partial charge on any atom is -0.368 e. The number of nitrogens with zero attached hydrogens (tertiary/aromatic N) is 3. The summed E-state index contributed by atoms with van der Waals surface area (Å²) in [4.78, 5) is 15.2. The van der Waals surface area contributed by atoms with Crippen LogP contribution in [0.15, 0.2) is 6.33 Å². The topological polar surface area (TPSA) is 66.5 Å². The lowest BCUT2D eigenvalue weighted by molar-refractivity contribution is 0.442. The second-order valence-electron chi connectivity index (χ2n) is 4.86. The first-order valence-corrected chi connectivity index (χ1v) is 5.44. The number of anilines is 1. The summed E-state index contributed by atoms with van der Waals surface area (Å²) in [6.07, 6.45) is 1.58. The maximum atomic E-state index is 5.82. The summed E-state index contributed by atoms with van der Waals surface area (Å²) < 4.78 is 0. The Morgan fingerprint density at radius 2 is 2.12 bits per heavy atom. The third kappa shape index (κ3) is 2.41. The van der Waals surface area contributed by atoms with E-state index in [2.05, 4.69) is 46.0 Å². The van der Waals surface area contributed by atoms with Crippen LogP contribution in [0, 0.1) is 5.41 Å².